The van der Waals surface area contributed by atoms with Gasteiger partial charge in [0.05, 0.1) is 36.1 Å². The number of nitrogens with one attached hydrogen (secondary N) is 1. The summed E-state index contributed by atoms with van der Waals surface area (Å²) in [5, 5.41) is 22.9. The summed E-state index contributed by atoms with van der Waals surface area (Å²) in [5.41, 5.74) is 0.160. The maximum absolute atomic E-state index is 11.3. The summed E-state index contributed by atoms with van der Waals surface area (Å²) in [4.78, 5) is 21.5. The maximum Gasteiger partial charge on any atom is 0.338 e. The van der Waals surface area contributed by atoms with Crippen LogP contribution in [0.25, 0.3) is 0 Å². The van der Waals surface area contributed by atoms with E-state index in [-0.39, 0.29) is 16.9 Å². The predicted octanol–water partition coefficient (Wildman–Crippen LogP) is 3.05. The number of carboxylic acid groups (broad SMARTS) is 1. The van der Waals surface area contributed by atoms with E-state index in [1.54, 1.807) is 18.2 Å². The number of para-hydroxylation sites is 1. The SMILES string of the molecule is COc1cccc(Nc2ccc([N+](=O)[O-])cc2C(=O)O)c1OC. The summed E-state index contributed by atoms with van der Waals surface area (Å²) >= 11 is 0. The van der Waals surface area contributed by atoms with Gasteiger partial charge in [0.2, 0.25) is 0 Å². The molecule has 0 saturated carbocycles. The Morgan fingerprint density at radius 1 is 1.17 bits per heavy atom. The van der Waals surface area contributed by atoms with Crippen molar-refractivity contribution in [3.05, 3.63) is 52.1 Å². The molecule has 0 fully saturated rings. The van der Waals surface area contributed by atoms with E-state index < -0.39 is 10.9 Å². The molecule has 0 saturated heterocycles. The molecule has 0 bridgehead atoms. The fraction of sp³-hybridized carbons (Fsp3) is 0.133. The lowest BCUT2D eigenvalue weighted by molar-refractivity contribution is -0.384. The number of hydrogen-bond donors (Lipinski definition) is 2. The minimum atomic E-state index is -1.28. The third kappa shape index (κ3) is 3.31. The largest absolute Gasteiger partial charge is 0.493 e. The van der Waals surface area contributed by atoms with Crippen molar-refractivity contribution in [3.63, 3.8) is 0 Å². The lowest BCUT2D eigenvalue weighted by atomic mass is 10.1. The first-order valence-corrected chi connectivity index (χ1v) is 6.47. The number of carboxylic acids is 1. The van der Waals surface area contributed by atoms with Gasteiger partial charge in [-0.2, -0.15) is 0 Å². The van der Waals surface area contributed by atoms with Crippen molar-refractivity contribution in [2.75, 3.05) is 19.5 Å². The average Bonchev–Trinajstić information content (AvgIpc) is 2.54. The third-order valence-corrected chi connectivity index (χ3v) is 3.12. The van der Waals surface area contributed by atoms with Crippen LogP contribution >= 0.6 is 0 Å². The number of nitrogens with zero attached hydrogens (tertiary/aromatic N) is 1. The van der Waals surface area contributed by atoms with Crippen LogP contribution in [0.3, 0.4) is 0 Å². The number of benzene rings is 2. The van der Waals surface area contributed by atoms with Crippen molar-refractivity contribution < 1.29 is 24.3 Å². The van der Waals surface area contributed by atoms with Crippen molar-refractivity contribution >= 4 is 23.0 Å². The number of anilines is 2. The van der Waals surface area contributed by atoms with Gasteiger partial charge in [-0.3, -0.25) is 10.1 Å². The van der Waals surface area contributed by atoms with Crippen LogP contribution in [0.15, 0.2) is 36.4 Å². The quantitative estimate of drug-likeness (QED) is 0.622. The number of nitro benzene ring substituents is 1. The summed E-state index contributed by atoms with van der Waals surface area (Å²) in [7, 11) is 2.94. The first kappa shape index (κ1) is 16.1. The van der Waals surface area contributed by atoms with E-state index in [1.807, 2.05) is 0 Å². The molecule has 120 valence electrons. The Morgan fingerprint density at radius 3 is 2.48 bits per heavy atom. The zero-order chi connectivity index (χ0) is 17.0. The Kier molecular flexibility index (Phi) is 4.65. The second-order valence-electron chi connectivity index (χ2n) is 4.46. The second kappa shape index (κ2) is 6.65. The summed E-state index contributed by atoms with van der Waals surface area (Å²) in [6.07, 6.45) is 0. The Balaban J connectivity index is 2.48. The van der Waals surface area contributed by atoms with Crippen molar-refractivity contribution in [1.82, 2.24) is 0 Å². The summed E-state index contributed by atoms with van der Waals surface area (Å²) < 4.78 is 10.4. The van der Waals surface area contributed by atoms with Gasteiger partial charge in [-0.1, -0.05) is 6.07 Å². The third-order valence-electron chi connectivity index (χ3n) is 3.12. The highest BCUT2D eigenvalue weighted by atomic mass is 16.6. The van der Waals surface area contributed by atoms with E-state index in [1.165, 1.54) is 26.4 Å². The Hall–Kier alpha value is -3.29. The van der Waals surface area contributed by atoms with Crippen LogP contribution in [0.4, 0.5) is 17.1 Å². The molecule has 0 radical (unpaired) electrons. The van der Waals surface area contributed by atoms with Crippen LogP contribution in [0.5, 0.6) is 11.5 Å². The normalized spacial score (nSPS) is 10.0. The fourth-order valence-corrected chi connectivity index (χ4v) is 2.06. The molecule has 0 aliphatic heterocycles. The molecule has 8 heteroatoms. The van der Waals surface area contributed by atoms with Crippen molar-refractivity contribution in [2.45, 2.75) is 0 Å². The zero-order valence-electron chi connectivity index (χ0n) is 12.4. The molecule has 0 unspecified atom stereocenters. The van der Waals surface area contributed by atoms with Gasteiger partial charge >= 0.3 is 5.97 Å². The highest BCUT2D eigenvalue weighted by molar-refractivity contribution is 5.96. The van der Waals surface area contributed by atoms with E-state index in [2.05, 4.69) is 5.32 Å². The van der Waals surface area contributed by atoms with Crippen LogP contribution in [0.1, 0.15) is 10.4 Å². The molecule has 0 amide bonds. The molecule has 0 atom stereocenters. The zero-order valence-corrected chi connectivity index (χ0v) is 12.4. The molecule has 0 heterocycles. The van der Waals surface area contributed by atoms with Gasteiger partial charge < -0.3 is 19.9 Å². The number of rotatable bonds is 6. The predicted molar refractivity (Wildman–Crippen MR) is 82.9 cm³/mol. The molecule has 2 rings (SSSR count). The second-order valence-corrected chi connectivity index (χ2v) is 4.46. The van der Waals surface area contributed by atoms with Gasteiger partial charge in [-0.15, -0.1) is 0 Å². The van der Waals surface area contributed by atoms with Crippen LogP contribution in [-0.4, -0.2) is 30.2 Å². The van der Waals surface area contributed by atoms with Crippen LogP contribution in [0.2, 0.25) is 0 Å². The first-order valence-electron chi connectivity index (χ1n) is 6.47. The molecule has 8 nitrogen and oxygen atoms in total. The number of carbonyl (C=O) groups is 1. The van der Waals surface area contributed by atoms with Gasteiger partial charge in [0.25, 0.3) is 5.69 Å². The standard InChI is InChI=1S/C15H14N2O6/c1-22-13-5-3-4-12(14(13)23-2)16-11-7-6-9(17(20)21)8-10(11)15(18)19/h3-8,16H,1-2H3,(H,18,19). The van der Waals surface area contributed by atoms with Crippen molar-refractivity contribution in [1.29, 1.82) is 0 Å². The molecule has 0 aromatic heterocycles. The van der Waals surface area contributed by atoms with Gasteiger partial charge in [0.1, 0.15) is 0 Å². The van der Waals surface area contributed by atoms with E-state index >= 15 is 0 Å². The molecule has 2 N–H and O–H groups in total. The van der Waals surface area contributed by atoms with E-state index in [9.17, 15) is 20.0 Å². The number of aromatic carboxylic acids is 1. The van der Waals surface area contributed by atoms with Crippen molar-refractivity contribution in [2.24, 2.45) is 0 Å². The number of non-ortho nitro benzene ring substituents is 1. The van der Waals surface area contributed by atoms with Gasteiger partial charge in [0.15, 0.2) is 11.5 Å². The molecular formula is C15H14N2O6. The topological polar surface area (TPSA) is 111 Å². The molecular weight excluding hydrogens is 304 g/mol. The molecule has 2 aromatic rings. The molecule has 0 spiro atoms. The molecule has 23 heavy (non-hydrogen) atoms. The smallest absolute Gasteiger partial charge is 0.338 e. The van der Waals surface area contributed by atoms with E-state index in [0.717, 1.165) is 6.07 Å². The molecule has 0 aliphatic carbocycles. The monoisotopic (exact) mass is 318 g/mol. The maximum atomic E-state index is 11.3. The lowest BCUT2D eigenvalue weighted by Crippen LogP contribution is -2.05. The van der Waals surface area contributed by atoms with Gasteiger partial charge in [-0.25, -0.2) is 4.79 Å². The van der Waals surface area contributed by atoms with E-state index in [0.29, 0.717) is 17.2 Å². The first-order chi connectivity index (χ1) is 11.0. The van der Waals surface area contributed by atoms with Crippen LogP contribution in [-0.2, 0) is 0 Å². The minimum Gasteiger partial charge on any atom is -0.493 e. The Morgan fingerprint density at radius 2 is 1.91 bits per heavy atom. The minimum absolute atomic E-state index is 0.203. The Bertz CT molecular complexity index is 760. The molecule has 2 aromatic carbocycles. The number of methoxy groups -OCH3 is 2. The summed E-state index contributed by atoms with van der Waals surface area (Å²) in [6, 6.07) is 8.63. The summed E-state index contributed by atoms with van der Waals surface area (Å²) in [5.74, 6) is -0.418. The highest BCUT2D eigenvalue weighted by Crippen LogP contribution is 2.37. The lowest BCUT2D eigenvalue weighted by Gasteiger charge is -2.15. The van der Waals surface area contributed by atoms with Gasteiger partial charge in [-0.05, 0) is 18.2 Å². The van der Waals surface area contributed by atoms with Gasteiger partial charge in [0, 0.05) is 12.1 Å². The van der Waals surface area contributed by atoms with E-state index in [4.69, 9.17) is 9.47 Å². The molecule has 0 aliphatic rings. The highest BCUT2D eigenvalue weighted by Gasteiger charge is 2.18. The summed E-state index contributed by atoms with van der Waals surface area (Å²) in [6.45, 7) is 0. The Labute approximate surface area is 131 Å². The van der Waals surface area contributed by atoms with Crippen LogP contribution in [0, 0.1) is 10.1 Å². The van der Waals surface area contributed by atoms with Crippen molar-refractivity contribution in [3.8, 4) is 11.5 Å². The number of ether oxygens (including phenoxy) is 2. The number of nitro groups is 1. The van der Waals surface area contributed by atoms with Crippen LogP contribution < -0.4 is 14.8 Å². The fourth-order valence-electron chi connectivity index (χ4n) is 2.06. The number of hydrogen-bond acceptors (Lipinski definition) is 6. The average molecular weight is 318 g/mol.